The average Bonchev–Trinajstić information content (AvgIpc) is 2.77. The molecule has 0 fully saturated rings. The molecule has 0 bridgehead atoms. The molecule has 0 saturated heterocycles. The number of aliphatic hydroxyl groups is 1. The molecule has 1 atom stereocenters. The minimum atomic E-state index is -0.508. The van der Waals surface area contributed by atoms with Crippen molar-refractivity contribution in [3.8, 4) is 0 Å². The van der Waals surface area contributed by atoms with Crippen LogP contribution >= 0.6 is 0 Å². The number of ether oxygens (including phenoxy) is 2. The molecule has 0 aliphatic heterocycles. The Morgan fingerprint density at radius 2 is 2.44 bits per heavy atom. The number of aliphatic hydroxyl groups excluding tert-OH is 1. The van der Waals surface area contributed by atoms with Crippen LogP contribution in [0.1, 0.15) is 5.76 Å². The van der Waals surface area contributed by atoms with Crippen LogP contribution in [0.5, 0.6) is 0 Å². The fraction of sp³-hybridized carbons (Fsp3) is 0.636. The Hall–Kier alpha value is -0.880. The lowest BCUT2D eigenvalue weighted by molar-refractivity contribution is 0.0221. The van der Waals surface area contributed by atoms with Crippen LogP contribution in [0.15, 0.2) is 22.8 Å². The fourth-order valence-corrected chi connectivity index (χ4v) is 1.19. The summed E-state index contributed by atoms with van der Waals surface area (Å²) >= 11 is 0. The predicted octanol–water partition coefficient (Wildman–Crippen LogP) is 0.393. The molecule has 0 spiro atoms. The Balaban J connectivity index is 1.95. The second-order valence-corrected chi connectivity index (χ2v) is 3.45. The van der Waals surface area contributed by atoms with Gasteiger partial charge in [0.05, 0.1) is 25.6 Å². The fourth-order valence-electron chi connectivity index (χ4n) is 1.19. The maximum Gasteiger partial charge on any atom is 0.129 e. The first-order valence-electron chi connectivity index (χ1n) is 5.30. The van der Waals surface area contributed by atoms with Crippen LogP contribution in [0.3, 0.4) is 0 Å². The summed E-state index contributed by atoms with van der Waals surface area (Å²) in [5, 5.41) is 12.6. The molecule has 1 aromatic rings. The molecule has 0 amide bonds. The summed E-state index contributed by atoms with van der Waals surface area (Å²) in [5.74, 6) is 0.763. The number of hydrogen-bond acceptors (Lipinski definition) is 5. The summed E-state index contributed by atoms with van der Waals surface area (Å²) in [6.07, 6.45) is 1.09. The Kier molecular flexibility index (Phi) is 6.83. The van der Waals surface area contributed by atoms with E-state index in [1.54, 1.807) is 19.4 Å². The van der Waals surface area contributed by atoms with Crippen molar-refractivity contribution in [3.63, 3.8) is 0 Å². The van der Waals surface area contributed by atoms with E-state index >= 15 is 0 Å². The monoisotopic (exact) mass is 229 g/mol. The summed E-state index contributed by atoms with van der Waals surface area (Å²) in [6.45, 7) is 2.55. The number of methoxy groups -OCH3 is 1. The lowest BCUT2D eigenvalue weighted by atomic mass is 10.4. The Bertz CT molecular complexity index is 250. The van der Waals surface area contributed by atoms with E-state index in [9.17, 15) is 5.11 Å². The van der Waals surface area contributed by atoms with E-state index in [0.29, 0.717) is 26.4 Å². The molecule has 16 heavy (non-hydrogen) atoms. The summed E-state index contributed by atoms with van der Waals surface area (Å²) in [6, 6.07) is 3.64. The van der Waals surface area contributed by atoms with Gasteiger partial charge in [-0.25, -0.2) is 0 Å². The molecule has 1 heterocycles. The first kappa shape index (κ1) is 13.2. The van der Waals surface area contributed by atoms with Gasteiger partial charge >= 0.3 is 0 Å². The smallest absolute Gasteiger partial charge is 0.129 e. The summed E-state index contributed by atoms with van der Waals surface area (Å²) in [7, 11) is 1.64. The summed E-state index contributed by atoms with van der Waals surface area (Å²) < 4.78 is 15.2. The zero-order valence-electron chi connectivity index (χ0n) is 9.52. The van der Waals surface area contributed by atoms with Gasteiger partial charge in [-0.05, 0) is 12.1 Å². The molecule has 1 aromatic heterocycles. The summed E-state index contributed by atoms with van der Waals surface area (Å²) in [5.41, 5.74) is 0. The van der Waals surface area contributed by atoms with E-state index in [2.05, 4.69) is 5.32 Å². The third-order valence-corrected chi connectivity index (χ3v) is 2.00. The van der Waals surface area contributed by atoms with E-state index < -0.39 is 6.10 Å². The molecule has 0 aliphatic carbocycles. The maximum atomic E-state index is 9.52. The van der Waals surface area contributed by atoms with Crippen LogP contribution in [0.4, 0.5) is 0 Å². The van der Waals surface area contributed by atoms with Crippen molar-refractivity contribution < 1.29 is 19.0 Å². The lowest BCUT2D eigenvalue weighted by Crippen LogP contribution is -2.32. The number of furan rings is 1. The second-order valence-electron chi connectivity index (χ2n) is 3.45. The van der Waals surface area contributed by atoms with Gasteiger partial charge in [0.1, 0.15) is 12.4 Å². The number of rotatable bonds is 9. The minimum absolute atomic E-state index is 0.292. The van der Waals surface area contributed by atoms with E-state index in [1.807, 2.05) is 6.07 Å². The standard InChI is InChI=1S/C11H19NO4/c1-14-6-4-12-7-10(13)8-15-9-11-3-2-5-16-11/h2-3,5,10,12-13H,4,6-9H2,1H3. The first-order valence-corrected chi connectivity index (χ1v) is 5.30. The molecule has 5 heteroatoms. The highest BCUT2D eigenvalue weighted by molar-refractivity contribution is 4.96. The highest BCUT2D eigenvalue weighted by Gasteiger charge is 2.04. The van der Waals surface area contributed by atoms with E-state index in [-0.39, 0.29) is 0 Å². The second kappa shape index (κ2) is 8.29. The predicted molar refractivity (Wildman–Crippen MR) is 59.1 cm³/mol. The van der Waals surface area contributed by atoms with Crippen LogP contribution in [0.2, 0.25) is 0 Å². The van der Waals surface area contributed by atoms with Gasteiger partial charge in [-0.15, -0.1) is 0 Å². The highest BCUT2D eigenvalue weighted by atomic mass is 16.5. The van der Waals surface area contributed by atoms with Crippen molar-refractivity contribution in [2.45, 2.75) is 12.7 Å². The van der Waals surface area contributed by atoms with Crippen molar-refractivity contribution in [1.29, 1.82) is 0 Å². The molecule has 0 radical (unpaired) electrons. The van der Waals surface area contributed by atoms with Crippen molar-refractivity contribution in [3.05, 3.63) is 24.2 Å². The molecule has 2 N–H and O–H groups in total. The zero-order valence-corrected chi connectivity index (χ0v) is 9.52. The van der Waals surface area contributed by atoms with E-state index in [0.717, 1.165) is 12.3 Å². The van der Waals surface area contributed by atoms with Gasteiger partial charge < -0.3 is 24.3 Å². The third kappa shape index (κ3) is 5.87. The third-order valence-electron chi connectivity index (χ3n) is 2.00. The molecule has 5 nitrogen and oxygen atoms in total. The van der Waals surface area contributed by atoms with Crippen LogP contribution in [0.25, 0.3) is 0 Å². The molecule has 0 saturated carbocycles. The maximum absolute atomic E-state index is 9.52. The van der Waals surface area contributed by atoms with Gasteiger partial charge in [0.15, 0.2) is 0 Å². The van der Waals surface area contributed by atoms with Gasteiger partial charge in [-0.2, -0.15) is 0 Å². The molecule has 0 aliphatic rings. The van der Waals surface area contributed by atoms with E-state index in [4.69, 9.17) is 13.9 Å². The quantitative estimate of drug-likeness (QED) is 0.600. The van der Waals surface area contributed by atoms with Crippen molar-refractivity contribution in [1.82, 2.24) is 5.32 Å². The van der Waals surface area contributed by atoms with Crippen LogP contribution < -0.4 is 5.32 Å². The largest absolute Gasteiger partial charge is 0.467 e. The van der Waals surface area contributed by atoms with E-state index in [1.165, 1.54) is 0 Å². The molecule has 1 rings (SSSR count). The summed E-state index contributed by atoms with van der Waals surface area (Å²) in [4.78, 5) is 0. The minimum Gasteiger partial charge on any atom is -0.467 e. The number of nitrogens with one attached hydrogen (secondary N) is 1. The zero-order chi connectivity index (χ0) is 11.6. The molecular weight excluding hydrogens is 210 g/mol. The lowest BCUT2D eigenvalue weighted by Gasteiger charge is -2.11. The Morgan fingerprint density at radius 3 is 3.12 bits per heavy atom. The van der Waals surface area contributed by atoms with Crippen LogP contribution in [-0.2, 0) is 16.1 Å². The van der Waals surface area contributed by atoms with Crippen LogP contribution in [0, 0.1) is 0 Å². The Morgan fingerprint density at radius 1 is 1.56 bits per heavy atom. The molecule has 1 unspecified atom stereocenters. The highest BCUT2D eigenvalue weighted by Crippen LogP contribution is 2.01. The SMILES string of the molecule is COCCNCC(O)COCc1ccco1. The van der Waals surface area contributed by atoms with Gasteiger partial charge in [0.2, 0.25) is 0 Å². The number of hydrogen-bond donors (Lipinski definition) is 2. The van der Waals surface area contributed by atoms with Crippen molar-refractivity contribution >= 4 is 0 Å². The van der Waals surface area contributed by atoms with Gasteiger partial charge in [-0.1, -0.05) is 0 Å². The van der Waals surface area contributed by atoms with Crippen LogP contribution in [-0.4, -0.2) is 44.6 Å². The molecule has 0 aromatic carbocycles. The van der Waals surface area contributed by atoms with Crippen molar-refractivity contribution in [2.75, 3.05) is 33.4 Å². The van der Waals surface area contributed by atoms with Gasteiger partial charge in [0, 0.05) is 20.2 Å². The molecule has 92 valence electrons. The normalized spacial score (nSPS) is 12.9. The van der Waals surface area contributed by atoms with Crippen molar-refractivity contribution in [2.24, 2.45) is 0 Å². The van der Waals surface area contributed by atoms with Gasteiger partial charge in [0.25, 0.3) is 0 Å². The first-order chi connectivity index (χ1) is 7.83. The molecular formula is C11H19NO4. The van der Waals surface area contributed by atoms with Gasteiger partial charge in [-0.3, -0.25) is 0 Å². The topological polar surface area (TPSA) is 63.9 Å². The Labute approximate surface area is 95.4 Å². The average molecular weight is 229 g/mol.